The van der Waals surface area contributed by atoms with Gasteiger partial charge in [0.05, 0.1) is 6.61 Å². The smallest absolute Gasteiger partial charge is 0.334 e. The van der Waals surface area contributed by atoms with E-state index in [4.69, 9.17) is 4.74 Å². The second kappa shape index (κ2) is 6.40. The van der Waals surface area contributed by atoms with Crippen LogP contribution in [0, 0.1) is 0 Å². The largest absolute Gasteiger partial charge is 0.463 e. The number of ether oxygens (including phenoxy) is 1. The highest BCUT2D eigenvalue weighted by Gasteiger charge is 2.12. The summed E-state index contributed by atoms with van der Waals surface area (Å²) in [6.45, 7) is 6.43. The summed E-state index contributed by atoms with van der Waals surface area (Å²) in [4.78, 5) is 11.2. The zero-order valence-electron chi connectivity index (χ0n) is 9.29. The van der Waals surface area contributed by atoms with E-state index in [2.05, 4.69) is 24.0 Å². The first kappa shape index (κ1) is 12.0. The Morgan fingerprint density at radius 2 is 2.40 bits per heavy atom. The van der Waals surface area contributed by atoms with Crippen LogP contribution in [0.5, 0.6) is 0 Å². The van der Waals surface area contributed by atoms with Gasteiger partial charge in [-0.1, -0.05) is 18.7 Å². The summed E-state index contributed by atoms with van der Waals surface area (Å²) >= 11 is 0. The van der Waals surface area contributed by atoms with Crippen LogP contribution in [0.4, 0.5) is 0 Å². The minimum absolute atomic E-state index is 0.295. The molecule has 1 unspecified atom stereocenters. The maximum absolute atomic E-state index is 11.2. The minimum Gasteiger partial charge on any atom is -0.463 e. The van der Waals surface area contributed by atoms with Crippen molar-refractivity contribution in [1.82, 2.24) is 5.32 Å². The van der Waals surface area contributed by atoms with Crippen LogP contribution in [0.3, 0.4) is 0 Å². The highest BCUT2D eigenvalue weighted by molar-refractivity contribution is 5.88. The quantitative estimate of drug-likeness (QED) is 0.426. The van der Waals surface area contributed by atoms with E-state index in [1.807, 2.05) is 0 Å². The minimum atomic E-state index is -0.295. The van der Waals surface area contributed by atoms with E-state index < -0.39 is 0 Å². The fraction of sp³-hybridized carbons (Fsp3) is 0.583. The third kappa shape index (κ3) is 4.30. The lowest BCUT2D eigenvalue weighted by molar-refractivity contribution is -0.138. The summed E-state index contributed by atoms with van der Waals surface area (Å²) in [6.07, 6.45) is 7.65. The molecule has 3 heteroatoms. The lowest BCUT2D eigenvalue weighted by Gasteiger charge is -2.19. The van der Waals surface area contributed by atoms with E-state index in [1.54, 1.807) is 6.92 Å². The molecule has 0 aromatic heterocycles. The average Bonchev–Trinajstić information content (AvgIpc) is 2.27. The summed E-state index contributed by atoms with van der Waals surface area (Å²) in [6, 6.07) is 0.473. The fourth-order valence-electron chi connectivity index (χ4n) is 1.55. The molecule has 1 aliphatic rings. The van der Waals surface area contributed by atoms with Gasteiger partial charge in [-0.05, 0) is 26.2 Å². The molecule has 0 bridgehead atoms. The standard InChI is InChI=1S/C12H19NO2/c1-3-15-12(14)10(2)9-13-11-7-5-4-6-8-11/h4-5,11,13H,2-3,6-9H2,1H3. The number of nitrogens with one attached hydrogen (secondary N) is 1. The molecule has 0 amide bonds. The van der Waals surface area contributed by atoms with Gasteiger partial charge in [0, 0.05) is 18.2 Å². The van der Waals surface area contributed by atoms with Gasteiger partial charge in [-0.2, -0.15) is 0 Å². The van der Waals surface area contributed by atoms with Crippen LogP contribution >= 0.6 is 0 Å². The topological polar surface area (TPSA) is 38.3 Å². The van der Waals surface area contributed by atoms with E-state index >= 15 is 0 Å². The molecular weight excluding hydrogens is 190 g/mol. The van der Waals surface area contributed by atoms with E-state index in [9.17, 15) is 4.79 Å². The first-order valence-corrected chi connectivity index (χ1v) is 5.47. The number of carbonyl (C=O) groups excluding carboxylic acids is 1. The lowest BCUT2D eigenvalue weighted by Crippen LogP contribution is -2.32. The molecule has 0 radical (unpaired) electrons. The number of carbonyl (C=O) groups is 1. The van der Waals surface area contributed by atoms with E-state index in [0.717, 1.165) is 19.3 Å². The second-order valence-electron chi connectivity index (χ2n) is 3.69. The number of allylic oxidation sites excluding steroid dienone is 1. The molecule has 0 saturated carbocycles. The second-order valence-corrected chi connectivity index (χ2v) is 3.69. The molecule has 1 rings (SSSR count). The van der Waals surface area contributed by atoms with Crippen LogP contribution in [-0.2, 0) is 9.53 Å². The summed E-state index contributed by atoms with van der Waals surface area (Å²) in [5.74, 6) is -0.295. The Labute approximate surface area is 91.2 Å². The zero-order chi connectivity index (χ0) is 11.1. The van der Waals surface area contributed by atoms with Crippen LogP contribution in [0.2, 0.25) is 0 Å². The maximum Gasteiger partial charge on any atom is 0.334 e. The first-order valence-electron chi connectivity index (χ1n) is 5.47. The van der Waals surface area contributed by atoms with Crippen LogP contribution in [0.15, 0.2) is 24.3 Å². The number of esters is 1. The van der Waals surface area contributed by atoms with Crippen molar-refractivity contribution >= 4 is 5.97 Å². The van der Waals surface area contributed by atoms with E-state index in [-0.39, 0.29) is 5.97 Å². The number of hydrogen-bond acceptors (Lipinski definition) is 3. The van der Waals surface area contributed by atoms with Gasteiger partial charge in [0.25, 0.3) is 0 Å². The van der Waals surface area contributed by atoms with Gasteiger partial charge in [0.15, 0.2) is 0 Å². The Kier molecular flexibility index (Phi) is 5.12. The summed E-state index contributed by atoms with van der Waals surface area (Å²) in [5.41, 5.74) is 0.506. The Morgan fingerprint density at radius 3 is 3.00 bits per heavy atom. The fourth-order valence-corrected chi connectivity index (χ4v) is 1.55. The Hall–Kier alpha value is -1.09. The molecule has 0 saturated heterocycles. The predicted molar refractivity (Wildman–Crippen MR) is 60.6 cm³/mol. The Balaban J connectivity index is 2.21. The Morgan fingerprint density at radius 1 is 1.60 bits per heavy atom. The van der Waals surface area contributed by atoms with Gasteiger partial charge in [-0.15, -0.1) is 0 Å². The van der Waals surface area contributed by atoms with E-state index in [1.165, 1.54) is 0 Å². The summed E-state index contributed by atoms with van der Waals surface area (Å²) < 4.78 is 4.85. The maximum atomic E-state index is 11.2. The molecule has 1 atom stereocenters. The number of rotatable bonds is 5. The lowest BCUT2D eigenvalue weighted by atomic mass is 10.0. The van der Waals surface area contributed by atoms with Crippen molar-refractivity contribution in [3.63, 3.8) is 0 Å². The van der Waals surface area contributed by atoms with Crippen LogP contribution < -0.4 is 5.32 Å². The van der Waals surface area contributed by atoms with Crippen LogP contribution in [0.1, 0.15) is 26.2 Å². The van der Waals surface area contributed by atoms with Crippen molar-refractivity contribution in [3.8, 4) is 0 Å². The van der Waals surface area contributed by atoms with Crippen molar-refractivity contribution in [2.75, 3.05) is 13.2 Å². The molecule has 0 aromatic carbocycles. The average molecular weight is 209 g/mol. The highest BCUT2D eigenvalue weighted by Crippen LogP contribution is 2.10. The summed E-state index contributed by atoms with van der Waals surface area (Å²) in [5, 5.41) is 3.31. The predicted octanol–water partition coefficient (Wildman–Crippen LogP) is 1.80. The molecule has 15 heavy (non-hydrogen) atoms. The third-order valence-corrected chi connectivity index (χ3v) is 2.44. The highest BCUT2D eigenvalue weighted by atomic mass is 16.5. The molecule has 1 N–H and O–H groups in total. The Bertz CT molecular complexity index is 258. The van der Waals surface area contributed by atoms with Gasteiger partial charge in [0.2, 0.25) is 0 Å². The van der Waals surface area contributed by atoms with Crippen molar-refractivity contribution in [2.24, 2.45) is 0 Å². The monoisotopic (exact) mass is 209 g/mol. The van der Waals surface area contributed by atoms with Gasteiger partial charge in [0.1, 0.15) is 0 Å². The zero-order valence-corrected chi connectivity index (χ0v) is 9.29. The molecule has 0 spiro atoms. The number of hydrogen-bond donors (Lipinski definition) is 1. The van der Waals surface area contributed by atoms with Crippen molar-refractivity contribution in [1.29, 1.82) is 0 Å². The molecule has 0 aliphatic heterocycles. The summed E-state index contributed by atoms with van der Waals surface area (Å²) in [7, 11) is 0. The third-order valence-electron chi connectivity index (χ3n) is 2.44. The molecule has 0 fully saturated rings. The van der Waals surface area contributed by atoms with Crippen molar-refractivity contribution in [3.05, 3.63) is 24.3 Å². The molecular formula is C12H19NO2. The SMILES string of the molecule is C=C(CNC1CC=CCC1)C(=O)OCC. The normalized spacial score (nSPS) is 19.9. The van der Waals surface area contributed by atoms with Crippen LogP contribution in [0.25, 0.3) is 0 Å². The van der Waals surface area contributed by atoms with Crippen LogP contribution in [-0.4, -0.2) is 25.2 Å². The van der Waals surface area contributed by atoms with E-state index in [0.29, 0.717) is 24.8 Å². The first-order chi connectivity index (χ1) is 7.24. The molecule has 84 valence electrons. The van der Waals surface area contributed by atoms with Gasteiger partial charge >= 0.3 is 5.97 Å². The van der Waals surface area contributed by atoms with Gasteiger partial charge in [-0.3, -0.25) is 0 Å². The van der Waals surface area contributed by atoms with Crippen molar-refractivity contribution in [2.45, 2.75) is 32.2 Å². The molecule has 3 nitrogen and oxygen atoms in total. The van der Waals surface area contributed by atoms with Gasteiger partial charge < -0.3 is 10.1 Å². The van der Waals surface area contributed by atoms with Crippen molar-refractivity contribution < 1.29 is 9.53 Å². The molecule has 0 aromatic rings. The molecule has 1 aliphatic carbocycles. The molecule has 0 heterocycles. The van der Waals surface area contributed by atoms with Gasteiger partial charge in [-0.25, -0.2) is 4.79 Å².